The summed E-state index contributed by atoms with van der Waals surface area (Å²) in [5, 5.41) is 3.18. The number of nitrogens with one attached hydrogen (secondary N) is 1. The molecule has 0 aliphatic heterocycles. The van der Waals surface area contributed by atoms with E-state index in [1.165, 1.54) is 19.1 Å². The largest absolute Gasteiger partial charge is 0.452 e. The van der Waals surface area contributed by atoms with E-state index in [0.29, 0.717) is 5.56 Å². The van der Waals surface area contributed by atoms with E-state index in [1.807, 2.05) is 0 Å². The van der Waals surface area contributed by atoms with Crippen LogP contribution in [-0.4, -0.2) is 11.4 Å². The van der Waals surface area contributed by atoms with Gasteiger partial charge in [0.1, 0.15) is 0 Å². The molecule has 0 unspecified atom stereocenters. The summed E-state index contributed by atoms with van der Waals surface area (Å²) >= 11 is 5.74. The smallest absolute Gasteiger partial charge is 0.256 e. The third-order valence-corrected chi connectivity index (χ3v) is 3.28. The number of hydrogen-bond acceptors (Lipinski definition) is 2. The van der Waals surface area contributed by atoms with Gasteiger partial charge in [0.05, 0.1) is 11.8 Å². The molecule has 4 heteroatoms. The molecule has 82 valence electrons. The Balaban J connectivity index is 2.07. The second-order valence-electron chi connectivity index (χ2n) is 4.33. The molecule has 1 amide bonds. The van der Waals surface area contributed by atoms with Gasteiger partial charge in [-0.15, -0.1) is 0 Å². The topological polar surface area (TPSA) is 42.2 Å². The quantitative estimate of drug-likeness (QED) is 0.844. The van der Waals surface area contributed by atoms with Crippen LogP contribution in [0, 0.1) is 0 Å². The third-order valence-electron chi connectivity index (χ3n) is 2.99. The van der Waals surface area contributed by atoms with Crippen LogP contribution in [0.4, 0.5) is 0 Å². The lowest BCUT2D eigenvalue weighted by Crippen LogP contribution is -2.43. The second kappa shape index (κ2) is 3.89. The third kappa shape index (κ3) is 2.17. The van der Waals surface area contributed by atoms with E-state index in [0.717, 1.165) is 12.8 Å². The first kappa shape index (κ1) is 10.6. The fraction of sp³-hybridized carbons (Fsp3) is 0.545. The summed E-state index contributed by atoms with van der Waals surface area (Å²) in [6.45, 7) is 2.08. The second-order valence-corrected chi connectivity index (χ2v) is 4.67. The Kier molecular flexibility index (Phi) is 2.74. The lowest BCUT2D eigenvalue weighted by Gasteiger charge is -2.24. The zero-order chi connectivity index (χ0) is 10.9. The van der Waals surface area contributed by atoms with E-state index >= 15 is 0 Å². The number of halogens is 1. The highest BCUT2D eigenvalue weighted by molar-refractivity contribution is 6.32. The van der Waals surface area contributed by atoms with Gasteiger partial charge in [-0.2, -0.15) is 0 Å². The van der Waals surface area contributed by atoms with Crippen LogP contribution in [-0.2, 0) is 0 Å². The van der Waals surface area contributed by atoms with E-state index in [4.69, 9.17) is 16.0 Å². The molecule has 1 aliphatic carbocycles. The Morgan fingerprint density at radius 2 is 2.20 bits per heavy atom. The maximum Gasteiger partial charge on any atom is 0.256 e. The number of hydrogen-bond donors (Lipinski definition) is 1. The summed E-state index contributed by atoms with van der Waals surface area (Å²) < 4.78 is 4.89. The molecule has 0 spiro atoms. The lowest BCUT2D eigenvalue weighted by atomic mass is 10.0. The Morgan fingerprint density at radius 1 is 1.53 bits per heavy atom. The molecule has 3 nitrogen and oxygen atoms in total. The van der Waals surface area contributed by atoms with Crippen LogP contribution >= 0.6 is 11.6 Å². The van der Waals surface area contributed by atoms with E-state index < -0.39 is 0 Å². The van der Waals surface area contributed by atoms with Gasteiger partial charge in [0.2, 0.25) is 5.22 Å². The van der Waals surface area contributed by atoms with Crippen LogP contribution in [0.1, 0.15) is 43.0 Å². The number of carbonyl (C=O) groups is 1. The molecule has 1 saturated carbocycles. The van der Waals surface area contributed by atoms with Gasteiger partial charge in [0, 0.05) is 5.54 Å². The summed E-state index contributed by atoms with van der Waals surface area (Å²) in [5.74, 6) is -0.141. The Bertz CT molecular complexity index is 366. The summed E-state index contributed by atoms with van der Waals surface area (Å²) in [4.78, 5) is 11.8. The molecule has 0 atom stereocenters. The highest BCUT2D eigenvalue weighted by atomic mass is 35.5. The summed E-state index contributed by atoms with van der Waals surface area (Å²) in [6.07, 6.45) is 5.85. The van der Waals surface area contributed by atoms with E-state index in [2.05, 4.69) is 12.2 Å². The molecular formula is C11H14ClNO2. The van der Waals surface area contributed by atoms with Crippen LogP contribution in [0.2, 0.25) is 5.22 Å². The first-order valence-electron chi connectivity index (χ1n) is 5.16. The molecule has 0 bridgehead atoms. The molecule has 1 fully saturated rings. The van der Waals surface area contributed by atoms with Crippen LogP contribution in [0.15, 0.2) is 16.7 Å². The molecule has 0 aromatic carbocycles. The monoisotopic (exact) mass is 227 g/mol. The van der Waals surface area contributed by atoms with Crippen LogP contribution < -0.4 is 5.32 Å². The molecule has 0 saturated heterocycles. The molecule has 0 radical (unpaired) electrons. The average molecular weight is 228 g/mol. The molecule has 2 rings (SSSR count). The van der Waals surface area contributed by atoms with Gasteiger partial charge in [-0.25, -0.2) is 0 Å². The zero-order valence-corrected chi connectivity index (χ0v) is 9.43. The minimum atomic E-state index is -0.141. The summed E-state index contributed by atoms with van der Waals surface area (Å²) in [7, 11) is 0. The van der Waals surface area contributed by atoms with Gasteiger partial charge in [0.15, 0.2) is 0 Å². The van der Waals surface area contributed by atoms with E-state index in [9.17, 15) is 4.79 Å². The predicted octanol–water partition coefficient (Wildman–Crippen LogP) is 3.00. The van der Waals surface area contributed by atoms with Crippen molar-refractivity contribution in [3.8, 4) is 0 Å². The number of rotatable bonds is 2. The number of amides is 1. The highest BCUT2D eigenvalue weighted by Crippen LogP contribution is 2.29. The van der Waals surface area contributed by atoms with Gasteiger partial charge in [0.25, 0.3) is 5.91 Å². The molecular weight excluding hydrogens is 214 g/mol. The number of furan rings is 1. The molecule has 1 aromatic rings. The van der Waals surface area contributed by atoms with Crippen molar-refractivity contribution in [1.29, 1.82) is 0 Å². The van der Waals surface area contributed by atoms with Crippen molar-refractivity contribution in [1.82, 2.24) is 5.32 Å². The van der Waals surface area contributed by atoms with Crippen molar-refractivity contribution in [2.45, 2.75) is 38.1 Å². The van der Waals surface area contributed by atoms with Crippen molar-refractivity contribution >= 4 is 17.5 Å². The normalized spacial score (nSPS) is 19.1. The Labute approximate surface area is 93.8 Å². The first-order chi connectivity index (χ1) is 7.11. The first-order valence-corrected chi connectivity index (χ1v) is 5.54. The molecule has 1 aromatic heterocycles. The zero-order valence-electron chi connectivity index (χ0n) is 8.68. The van der Waals surface area contributed by atoms with Crippen LogP contribution in [0.3, 0.4) is 0 Å². The summed E-state index contributed by atoms with van der Waals surface area (Å²) in [5.41, 5.74) is 0.349. The Hall–Kier alpha value is -0.960. The number of carbonyl (C=O) groups excluding carboxylic acids is 1. The summed E-state index contributed by atoms with van der Waals surface area (Å²) in [6, 6.07) is 1.59. The van der Waals surface area contributed by atoms with Crippen LogP contribution in [0.5, 0.6) is 0 Å². The van der Waals surface area contributed by atoms with Gasteiger partial charge >= 0.3 is 0 Å². The van der Waals surface area contributed by atoms with Crippen molar-refractivity contribution in [2.75, 3.05) is 0 Å². The SMILES string of the molecule is CC1(NC(=O)c2ccoc2Cl)CCCC1. The van der Waals surface area contributed by atoms with E-state index in [1.54, 1.807) is 6.07 Å². The highest BCUT2D eigenvalue weighted by Gasteiger charge is 2.31. The molecule has 1 N–H and O–H groups in total. The van der Waals surface area contributed by atoms with Crippen molar-refractivity contribution in [3.05, 3.63) is 23.1 Å². The predicted molar refractivity (Wildman–Crippen MR) is 58.1 cm³/mol. The van der Waals surface area contributed by atoms with Gasteiger partial charge < -0.3 is 9.73 Å². The fourth-order valence-electron chi connectivity index (χ4n) is 2.08. The standard InChI is InChI=1S/C11H14ClNO2/c1-11(5-2-3-6-11)13-10(14)8-4-7-15-9(8)12/h4,7H,2-3,5-6H2,1H3,(H,13,14). The lowest BCUT2D eigenvalue weighted by molar-refractivity contribution is 0.0907. The van der Waals surface area contributed by atoms with Crippen molar-refractivity contribution < 1.29 is 9.21 Å². The maximum absolute atomic E-state index is 11.8. The minimum absolute atomic E-state index is 0.0717. The van der Waals surface area contributed by atoms with Crippen molar-refractivity contribution in [3.63, 3.8) is 0 Å². The van der Waals surface area contributed by atoms with Crippen LogP contribution in [0.25, 0.3) is 0 Å². The minimum Gasteiger partial charge on any atom is -0.452 e. The van der Waals surface area contributed by atoms with E-state index in [-0.39, 0.29) is 16.7 Å². The fourth-order valence-corrected chi connectivity index (χ4v) is 2.28. The molecule has 15 heavy (non-hydrogen) atoms. The average Bonchev–Trinajstić information content (AvgIpc) is 2.74. The maximum atomic E-state index is 11.8. The molecule has 1 heterocycles. The van der Waals surface area contributed by atoms with Gasteiger partial charge in [-0.3, -0.25) is 4.79 Å². The molecule has 1 aliphatic rings. The van der Waals surface area contributed by atoms with Gasteiger partial charge in [-0.05, 0) is 37.4 Å². The van der Waals surface area contributed by atoms with Gasteiger partial charge in [-0.1, -0.05) is 12.8 Å². The Morgan fingerprint density at radius 3 is 2.73 bits per heavy atom. The van der Waals surface area contributed by atoms with Crippen molar-refractivity contribution in [2.24, 2.45) is 0 Å².